The Bertz CT molecular complexity index is 363. The van der Waals surface area contributed by atoms with E-state index in [4.69, 9.17) is 0 Å². The predicted molar refractivity (Wildman–Crippen MR) is 76.3 cm³/mol. The maximum absolute atomic E-state index is 2.52. The van der Waals surface area contributed by atoms with Gasteiger partial charge in [0.1, 0.15) is 0 Å². The normalized spacial score (nSPS) is 21.9. The molecule has 0 atom stereocenters. The number of hydrogen-bond acceptors (Lipinski definition) is 2. The second-order valence-electron chi connectivity index (χ2n) is 6.00. The molecule has 2 aliphatic heterocycles. The molecule has 0 amide bonds. The maximum atomic E-state index is 2.52. The lowest BCUT2D eigenvalue weighted by molar-refractivity contribution is 0.351. The summed E-state index contributed by atoms with van der Waals surface area (Å²) in [6.45, 7) is 4.86. The van der Waals surface area contributed by atoms with Gasteiger partial charge in [0.05, 0.1) is 0 Å². The van der Waals surface area contributed by atoms with Crippen LogP contribution < -0.4 is 0 Å². The maximum Gasteiger partial charge on any atom is 0.00190 e. The molecular formula is C16H24N2. The molecule has 2 heterocycles. The molecule has 0 spiro atoms. The SMILES string of the molecule is CN1CCc2cc3c(cc2CC1)CCN(C)CC3. The minimum atomic E-state index is 1.21. The lowest BCUT2D eigenvalue weighted by atomic mass is 9.93. The van der Waals surface area contributed by atoms with Gasteiger partial charge in [-0.1, -0.05) is 12.1 Å². The molecule has 98 valence electrons. The van der Waals surface area contributed by atoms with Crippen LogP contribution in [0.3, 0.4) is 0 Å². The highest BCUT2D eigenvalue weighted by Crippen LogP contribution is 2.23. The monoisotopic (exact) mass is 244 g/mol. The molecule has 1 aromatic rings. The van der Waals surface area contributed by atoms with Gasteiger partial charge < -0.3 is 9.80 Å². The lowest BCUT2D eigenvalue weighted by Crippen LogP contribution is -2.21. The van der Waals surface area contributed by atoms with Crippen LogP contribution in [0.5, 0.6) is 0 Å². The van der Waals surface area contributed by atoms with E-state index >= 15 is 0 Å². The van der Waals surface area contributed by atoms with Crippen molar-refractivity contribution in [3.05, 3.63) is 34.4 Å². The number of rotatable bonds is 0. The third kappa shape index (κ3) is 2.45. The Kier molecular flexibility index (Phi) is 3.40. The first kappa shape index (κ1) is 12.2. The van der Waals surface area contributed by atoms with E-state index in [1.165, 1.54) is 51.9 Å². The molecule has 1 aromatic carbocycles. The summed E-state index contributed by atoms with van der Waals surface area (Å²) < 4.78 is 0. The molecule has 3 rings (SSSR count). The van der Waals surface area contributed by atoms with Gasteiger partial charge in [0, 0.05) is 26.2 Å². The van der Waals surface area contributed by atoms with E-state index in [1.807, 2.05) is 0 Å². The summed E-state index contributed by atoms with van der Waals surface area (Å²) in [6.07, 6.45) is 4.92. The van der Waals surface area contributed by atoms with E-state index in [9.17, 15) is 0 Å². The molecule has 0 radical (unpaired) electrons. The smallest absolute Gasteiger partial charge is 0.00190 e. The summed E-state index contributed by atoms with van der Waals surface area (Å²) in [7, 11) is 4.48. The van der Waals surface area contributed by atoms with Crippen molar-refractivity contribution in [2.45, 2.75) is 25.7 Å². The zero-order chi connectivity index (χ0) is 12.5. The molecule has 0 unspecified atom stereocenters. The van der Waals surface area contributed by atoms with Gasteiger partial charge in [0.2, 0.25) is 0 Å². The molecular weight excluding hydrogens is 220 g/mol. The van der Waals surface area contributed by atoms with E-state index in [1.54, 1.807) is 22.3 Å². The van der Waals surface area contributed by atoms with E-state index in [0.717, 1.165) is 0 Å². The Hall–Kier alpha value is -0.860. The van der Waals surface area contributed by atoms with Gasteiger partial charge >= 0.3 is 0 Å². The fraction of sp³-hybridized carbons (Fsp3) is 0.625. The molecule has 0 saturated heterocycles. The number of benzene rings is 1. The quantitative estimate of drug-likeness (QED) is 0.686. The van der Waals surface area contributed by atoms with Crippen LogP contribution >= 0.6 is 0 Å². The van der Waals surface area contributed by atoms with Crippen molar-refractivity contribution in [2.24, 2.45) is 0 Å². The van der Waals surface area contributed by atoms with Crippen LogP contribution in [0.15, 0.2) is 12.1 Å². The molecule has 2 heteroatoms. The van der Waals surface area contributed by atoms with Gasteiger partial charge in [-0.25, -0.2) is 0 Å². The molecule has 0 aliphatic carbocycles. The second-order valence-corrected chi connectivity index (χ2v) is 6.00. The summed E-state index contributed by atoms with van der Waals surface area (Å²) in [4.78, 5) is 4.91. The lowest BCUT2D eigenvalue weighted by Gasteiger charge is -2.12. The van der Waals surface area contributed by atoms with E-state index in [2.05, 4.69) is 36.0 Å². The van der Waals surface area contributed by atoms with Gasteiger partial charge in [-0.05, 0) is 62.0 Å². The first-order valence-electron chi connectivity index (χ1n) is 7.23. The van der Waals surface area contributed by atoms with E-state index < -0.39 is 0 Å². The van der Waals surface area contributed by atoms with Crippen LogP contribution in [0, 0.1) is 0 Å². The van der Waals surface area contributed by atoms with Crippen LogP contribution in [0.4, 0.5) is 0 Å². The third-order valence-corrected chi connectivity index (χ3v) is 4.57. The minimum absolute atomic E-state index is 1.21. The van der Waals surface area contributed by atoms with Gasteiger partial charge in [-0.2, -0.15) is 0 Å². The van der Waals surface area contributed by atoms with Crippen LogP contribution in [0.25, 0.3) is 0 Å². The average molecular weight is 244 g/mol. The molecule has 18 heavy (non-hydrogen) atoms. The summed E-state index contributed by atoms with van der Waals surface area (Å²) in [5.74, 6) is 0. The number of hydrogen-bond donors (Lipinski definition) is 0. The van der Waals surface area contributed by atoms with Crippen LogP contribution in [0.2, 0.25) is 0 Å². The fourth-order valence-electron chi connectivity index (χ4n) is 3.19. The van der Waals surface area contributed by atoms with Crippen LogP contribution in [-0.2, 0) is 25.7 Å². The first-order valence-corrected chi connectivity index (χ1v) is 7.23. The molecule has 0 fully saturated rings. The molecule has 0 bridgehead atoms. The highest BCUT2D eigenvalue weighted by atomic mass is 15.1. The van der Waals surface area contributed by atoms with E-state index in [0.29, 0.717) is 0 Å². The molecule has 0 aromatic heterocycles. The minimum Gasteiger partial charge on any atom is -0.306 e. The highest BCUT2D eigenvalue weighted by molar-refractivity contribution is 5.40. The zero-order valence-corrected chi connectivity index (χ0v) is 11.7. The molecule has 0 N–H and O–H groups in total. The molecule has 2 nitrogen and oxygen atoms in total. The van der Waals surface area contributed by atoms with Gasteiger partial charge in [0.25, 0.3) is 0 Å². The molecule has 0 saturated carbocycles. The van der Waals surface area contributed by atoms with Gasteiger partial charge in [-0.15, -0.1) is 0 Å². The topological polar surface area (TPSA) is 6.48 Å². The van der Waals surface area contributed by atoms with Gasteiger partial charge in [-0.3, -0.25) is 0 Å². The number of likely N-dealkylation sites (N-methyl/N-ethyl adjacent to an activating group) is 2. The summed E-state index contributed by atoms with van der Waals surface area (Å²) >= 11 is 0. The Morgan fingerprint density at radius 3 is 1.17 bits per heavy atom. The Labute approximate surface area is 111 Å². The summed E-state index contributed by atoms with van der Waals surface area (Å²) in [5.41, 5.74) is 6.45. The van der Waals surface area contributed by atoms with Crippen molar-refractivity contribution in [2.75, 3.05) is 40.3 Å². The van der Waals surface area contributed by atoms with E-state index in [-0.39, 0.29) is 0 Å². The Morgan fingerprint density at radius 2 is 0.889 bits per heavy atom. The van der Waals surface area contributed by atoms with Gasteiger partial charge in [0.15, 0.2) is 0 Å². The van der Waals surface area contributed by atoms with Crippen molar-refractivity contribution in [1.82, 2.24) is 9.80 Å². The van der Waals surface area contributed by atoms with Crippen LogP contribution in [0.1, 0.15) is 22.3 Å². The van der Waals surface area contributed by atoms with Crippen molar-refractivity contribution < 1.29 is 0 Å². The highest BCUT2D eigenvalue weighted by Gasteiger charge is 2.16. The predicted octanol–water partition coefficient (Wildman–Crippen LogP) is 1.75. The molecule has 2 aliphatic rings. The Balaban J connectivity index is 1.92. The zero-order valence-electron chi connectivity index (χ0n) is 11.7. The van der Waals surface area contributed by atoms with Crippen molar-refractivity contribution in [1.29, 1.82) is 0 Å². The van der Waals surface area contributed by atoms with Crippen molar-refractivity contribution in [3.63, 3.8) is 0 Å². The summed E-state index contributed by atoms with van der Waals surface area (Å²) in [6, 6.07) is 5.03. The van der Waals surface area contributed by atoms with Crippen molar-refractivity contribution in [3.8, 4) is 0 Å². The number of fused-ring (bicyclic) bond motifs is 2. The first-order chi connectivity index (χ1) is 8.72. The number of nitrogens with zero attached hydrogens (tertiary/aromatic N) is 2. The van der Waals surface area contributed by atoms with Crippen LogP contribution in [-0.4, -0.2) is 50.1 Å². The third-order valence-electron chi connectivity index (χ3n) is 4.57. The summed E-state index contributed by atoms with van der Waals surface area (Å²) in [5, 5.41) is 0. The standard InChI is InChI=1S/C16H24N2/c1-17-7-3-13-11-15-5-9-18(2)10-6-16(15)12-14(13)4-8-17/h11-12H,3-10H2,1-2H3. The second kappa shape index (κ2) is 5.02. The fourth-order valence-corrected chi connectivity index (χ4v) is 3.19. The van der Waals surface area contributed by atoms with Crippen molar-refractivity contribution >= 4 is 0 Å². The largest absolute Gasteiger partial charge is 0.306 e. The Morgan fingerprint density at radius 1 is 0.611 bits per heavy atom. The average Bonchev–Trinajstić information content (AvgIpc) is 2.66.